The van der Waals surface area contributed by atoms with Gasteiger partial charge in [0.25, 0.3) is 0 Å². The molecular formula is C45H44N3NiO3-3. The molecule has 1 aliphatic carbocycles. The van der Waals surface area contributed by atoms with Crippen LogP contribution in [0.1, 0.15) is 63.5 Å². The molecule has 0 atom stereocenters. The summed E-state index contributed by atoms with van der Waals surface area (Å²) in [6, 6.07) is 28.0. The largest absolute Gasteiger partial charge is 0.343 e. The number of fused-ring (bicyclic) bond motifs is 1. The average molecular weight is 734 g/mol. The molecule has 4 aromatic carbocycles. The van der Waals surface area contributed by atoms with Crippen molar-refractivity contribution in [3.63, 3.8) is 0 Å². The normalized spacial score (nSPS) is 14.4. The van der Waals surface area contributed by atoms with E-state index in [4.69, 9.17) is 15.0 Å². The average Bonchev–Trinajstić information content (AvgIpc) is 3.72. The van der Waals surface area contributed by atoms with Crippen LogP contribution in [0.4, 0.5) is 0 Å². The number of unbranched alkanes of at least 4 members (excludes halogenated alkanes) is 2. The third-order valence-electron chi connectivity index (χ3n) is 9.80. The van der Waals surface area contributed by atoms with E-state index in [9.17, 15) is 14.7 Å². The smallest absolute Gasteiger partial charge is 0.0678 e. The molecule has 270 valence electrons. The molecule has 0 aliphatic heterocycles. The Balaban J connectivity index is 0.00000110. The molecule has 2 aromatic heterocycles. The standard InChI is InChI=1S/C41H36N3O3.C4H9.Ni/c1-4-5-26-44-34(33-20-10-17-29-18-11-21-35(44)37(29)33)25-24-31-23-22-30(36(31)38-39(45)42(2)41(47)43(3)40(38)46)16-9-15-28-14-8-13-27-12-6-7-19-32(27)28;1-3-4-2;/h6-14,16-18,20-21,24-25,45H,4-5,22-23,26H2,1-3H3;1,3-4H2,2H3;/q2*-1;/p-1/b16-9+,31-24+,34-25+;;. The van der Waals surface area contributed by atoms with Crippen LogP contribution in [0.2, 0.25) is 0 Å². The Bertz CT molecular complexity index is 2570. The molecule has 6 aromatic rings. The maximum absolute atomic E-state index is 13.7. The Labute approximate surface area is 312 Å². The van der Waals surface area contributed by atoms with Gasteiger partial charge in [0.2, 0.25) is 0 Å². The van der Waals surface area contributed by atoms with E-state index in [1.807, 2.05) is 48.6 Å². The zero-order valence-electron chi connectivity index (χ0n) is 30.3. The summed E-state index contributed by atoms with van der Waals surface area (Å²) in [5.74, 6) is -0.596. The Morgan fingerprint density at radius 2 is 1.63 bits per heavy atom. The van der Waals surface area contributed by atoms with Gasteiger partial charge in [0.05, 0.1) is 0 Å². The van der Waals surface area contributed by atoms with E-state index >= 15 is 0 Å². The summed E-state index contributed by atoms with van der Waals surface area (Å²) in [7, 11) is 2.83. The van der Waals surface area contributed by atoms with Gasteiger partial charge >= 0.3 is 256 Å². The first-order chi connectivity index (χ1) is 25.2. The molecule has 0 bridgehead atoms. The Kier molecular flexibility index (Phi) is 11.4. The van der Waals surface area contributed by atoms with Crippen LogP contribution in [-0.2, 0) is 35.7 Å². The third-order valence-corrected chi connectivity index (χ3v) is 10.2. The zero-order chi connectivity index (χ0) is 36.9. The molecule has 0 unspecified atom stereocenters. The van der Waals surface area contributed by atoms with E-state index in [1.54, 1.807) is 0 Å². The van der Waals surface area contributed by atoms with Crippen LogP contribution in [0.25, 0.3) is 44.1 Å². The number of nitrogens with zero attached hydrogens (tertiary/aromatic N) is 3. The van der Waals surface area contributed by atoms with E-state index in [0.717, 1.165) is 67.8 Å². The van der Waals surface area contributed by atoms with E-state index in [1.165, 1.54) is 42.2 Å². The number of allylic oxidation sites excluding steroid dienone is 6. The van der Waals surface area contributed by atoms with Crippen LogP contribution in [0, 0.1) is 13.0 Å². The van der Waals surface area contributed by atoms with Gasteiger partial charge in [-0.15, -0.1) is 0 Å². The fourth-order valence-electron chi connectivity index (χ4n) is 6.97. The number of hydrogen-bond acceptors (Lipinski definition) is 3. The van der Waals surface area contributed by atoms with Crippen molar-refractivity contribution in [2.24, 2.45) is 14.1 Å². The van der Waals surface area contributed by atoms with E-state index in [0.29, 0.717) is 22.9 Å². The van der Waals surface area contributed by atoms with Gasteiger partial charge in [-0.25, -0.2) is 0 Å². The summed E-state index contributed by atoms with van der Waals surface area (Å²) in [5.41, 5.74) is 3.17. The summed E-state index contributed by atoms with van der Waals surface area (Å²) in [4.78, 5) is 26.4. The number of benzene rings is 4. The summed E-state index contributed by atoms with van der Waals surface area (Å²) in [5, 5.41) is 20.4. The molecule has 7 heteroatoms. The van der Waals surface area contributed by atoms with Crippen LogP contribution < -0.4 is 21.7 Å². The van der Waals surface area contributed by atoms with Gasteiger partial charge in [-0.2, -0.15) is 6.42 Å². The molecule has 6 nitrogen and oxygen atoms in total. The van der Waals surface area contributed by atoms with Crippen LogP contribution >= 0.6 is 0 Å². The summed E-state index contributed by atoms with van der Waals surface area (Å²) < 4.78 is 5.08. The number of rotatable bonds is 9. The number of aromatic nitrogens is 3. The second-order valence-corrected chi connectivity index (χ2v) is 13.7. The molecular weight excluding hydrogens is 689 g/mol. The Morgan fingerprint density at radius 3 is 2.38 bits per heavy atom. The van der Waals surface area contributed by atoms with Gasteiger partial charge in [-0.1, -0.05) is 44.9 Å². The van der Waals surface area contributed by atoms with Gasteiger partial charge < -0.3 is 6.92 Å². The maximum atomic E-state index is 13.7. The van der Waals surface area contributed by atoms with Crippen molar-refractivity contribution in [2.75, 3.05) is 0 Å². The minimum absolute atomic E-state index is 0.00846. The van der Waals surface area contributed by atoms with Gasteiger partial charge in [0, 0.05) is 0 Å². The minimum Gasteiger partial charge on any atom is -0.343 e. The van der Waals surface area contributed by atoms with Crippen molar-refractivity contribution in [2.45, 2.75) is 58.9 Å². The molecule has 0 fully saturated rings. The van der Waals surface area contributed by atoms with Crippen molar-refractivity contribution < 1.29 is 20.1 Å². The predicted octanol–water partition coefficient (Wildman–Crippen LogP) is 7.64. The summed E-state index contributed by atoms with van der Waals surface area (Å²) >= 11 is 5.50. The first kappa shape index (κ1) is 36.8. The van der Waals surface area contributed by atoms with Crippen molar-refractivity contribution in [3.05, 3.63) is 152 Å². The van der Waals surface area contributed by atoms with Gasteiger partial charge in [-0.05, 0) is 0 Å². The van der Waals surface area contributed by atoms with E-state index < -0.39 is 17.1 Å². The second kappa shape index (κ2) is 16.1. The van der Waals surface area contributed by atoms with Crippen molar-refractivity contribution >= 4 is 48.6 Å². The predicted molar refractivity (Wildman–Crippen MR) is 211 cm³/mol. The summed E-state index contributed by atoms with van der Waals surface area (Å²) in [6.45, 7) is 8.80. The molecule has 0 saturated carbocycles. The SMILES string of the molecule is CCCCn1/c(=C/C=C2\CCC(/C=C/[C](=[Ni])c3cccc4ccc[c-]c34)=C2c2c([O-])n(C)c(=O)n(C)c2=O)c2cccc3cccc1c32.[CH2-]CCC. The Hall–Kier alpha value is -5.00. The topological polar surface area (TPSA) is 72.0 Å². The van der Waals surface area contributed by atoms with Gasteiger partial charge in [0.1, 0.15) is 0 Å². The molecule has 0 radical (unpaired) electrons. The first-order valence-electron chi connectivity index (χ1n) is 18.0. The molecule has 0 saturated heterocycles. The number of hydrogen-bond donors (Lipinski definition) is 0. The molecule has 0 N–H and O–H groups in total. The van der Waals surface area contributed by atoms with Gasteiger partial charge in [0.15, 0.2) is 0 Å². The maximum Gasteiger partial charge on any atom is -0.0678 e. The summed E-state index contributed by atoms with van der Waals surface area (Å²) in [6.07, 6.45) is 13.7. The van der Waals surface area contributed by atoms with E-state index in [2.05, 4.69) is 80.0 Å². The molecule has 1 aliphatic rings. The van der Waals surface area contributed by atoms with Crippen molar-refractivity contribution in [1.82, 2.24) is 13.7 Å². The van der Waals surface area contributed by atoms with Crippen LogP contribution in [0.3, 0.4) is 0 Å². The zero-order valence-corrected chi connectivity index (χ0v) is 31.3. The Morgan fingerprint density at radius 1 is 0.923 bits per heavy atom. The van der Waals surface area contributed by atoms with Crippen LogP contribution in [-0.4, -0.2) is 18.2 Å². The van der Waals surface area contributed by atoms with E-state index in [-0.39, 0.29) is 5.56 Å². The quantitative estimate of drug-likeness (QED) is 0.113. The monoisotopic (exact) mass is 732 g/mol. The van der Waals surface area contributed by atoms with Crippen LogP contribution in [0.5, 0.6) is 5.88 Å². The fourth-order valence-corrected chi connectivity index (χ4v) is 7.26. The number of aryl methyl sites for hydroxylation is 1. The van der Waals surface area contributed by atoms with Crippen molar-refractivity contribution in [1.29, 1.82) is 0 Å². The third kappa shape index (κ3) is 6.95. The molecule has 7 rings (SSSR count). The van der Waals surface area contributed by atoms with Gasteiger partial charge in [-0.3, -0.25) is 0 Å². The van der Waals surface area contributed by atoms with Crippen LogP contribution in [0.15, 0.2) is 112 Å². The minimum atomic E-state index is -0.643. The second-order valence-electron chi connectivity index (χ2n) is 13.2. The molecule has 2 heterocycles. The first-order valence-corrected chi connectivity index (χ1v) is 18.5. The molecule has 0 spiro atoms. The van der Waals surface area contributed by atoms with Crippen molar-refractivity contribution in [3.8, 4) is 5.88 Å². The molecule has 0 amide bonds. The molecule has 52 heavy (non-hydrogen) atoms. The fraction of sp³-hybridized carbons (Fsp3) is 0.244.